The molecule has 2 rings (SSSR count). The van der Waals surface area contributed by atoms with Crippen molar-refractivity contribution < 1.29 is 5.11 Å². The summed E-state index contributed by atoms with van der Waals surface area (Å²) in [4.78, 5) is 8.18. The molecule has 0 aliphatic heterocycles. The quantitative estimate of drug-likeness (QED) is 0.803. The maximum absolute atomic E-state index is 10.3. The Bertz CT molecular complexity index is 309. The Morgan fingerprint density at radius 2 is 2.06 bits per heavy atom. The van der Waals surface area contributed by atoms with Crippen molar-refractivity contribution in [3.05, 3.63) is 24.3 Å². The Hall–Kier alpha value is -1.00. The van der Waals surface area contributed by atoms with E-state index in [4.69, 9.17) is 0 Å². The zero-order valence-electron chi connectivity index (χ0n) is 9.52. The van der Waals surface area contributed by atoms with Gasteiger partial charge in [-0.1, -0.05) is 19.3 Å². The third kappa shape index (κ3) is 3.25. The van der Waals surface area contributed by atoms with Crippen LogP contribution in [-0.4, -0.2) is 27.2 Å². The molecule has 1 saturated carbocycles. The molecule has 0 spiro atoms. The normalized spacial score (nSPS) is 19.6. The highest BCUT2D eigenvalue weighted by molar-refractivity contribution is 4.94. The minimum Gasteiger partial charge on any atom is -0.389 e. The molecule has 0 aromatic carbocycles. The summed E-state index contributed by atoms with van der Waals surface area (Å²) in [7, 11) is 0. The minimum atomic E-state index is -0.500. The molecule has 1 fully saturated rings. The smallest absolute Gasteiger partial charge is 0.0771 e. The van der Waals surface area contributed by atoms with Crippen LogP contribution in [0.1, 0.15) is 37.8 Å². The third-order valence-electron chi connectivity index (χ3n) is 3.16. The number of aliphatic hydroxyl groups is 1. The molecule has 1 aromatic heterocycles. The molecule has 4 heteroatoms. The largest absolute Gasteiger partial charge is 0.389 e. The average molecular weight is 221 g/mol. The molecule has 1 aromatic rings. The van der Waals surface area contributed by atoms with Crippen molar-refractivity contribution in [3.63, 3.8) is 0 Å². The minimum absolute atomic E-state index is 0.500. The van der Waals surface area contributed by atoms with E-state index in [1.165, 1.54) is 6.42 Å². The van der Waals surface area contributed by atoms with Crippen LogP contribution in [0.4, 0.5) is 0 Å². The van der Waals surface area contributed by atoms with Crippen molar-refractivity contribution in [1.29, 1.82) is 0 Å². The van der Waals surface area contributed by atoms with Crippen molar-refractivity contribution in [2.45, 2.75) is 44.2 Å². The second kappa shape index (κ2) is 5.37. The Kier molecular flexibility index (Phi) is 3.85. The van der Waals surface area contributed by atoms with E-state index in [-0.39, 0.29) is 0 Å². The SMILES string of the molecule is OC1(CNCc2cnccn2)CCCCC1. The lowest BCUT2D eigenvalue weighted by atomic mass is 9.85. The van der Waals surface area contributed by atoms with Crippen LogP contribution in [0, 0.1) is 0 Å². The first kappa shape index (κ1) is 11.5. The second-order valence-electron chi connectivity index (χ2n) is 4.59. The molecule has 0 atom stereocenters. The zero-order chi connectivity index (χ0) is 11.3. The molecule has 16 heavy (non-hydrogen) atoms. The predicted octanol–water partition coefficient (Wildman–Crippen LogP) is 1.26. The second-order valence-corrected chi connectivity index (χ2v) is 4.59. The van der Waals surface area contributed by atoms with Crippen LogP contribution >= 0.6 is 0 Å². The summed E-state index contributed by atoms with van der Waals surface area (Å²) in [6.45, 7) is 1.33. The van der Waals surface area contributed by atoms with Crippen molar-refractivity contribution in [3.8, 4) is 0 Å². The summed E-state index contributed by atoms with van der Waals surface area (Å²) in [6, 6.07) is 0. The van der Waals surface area contributed by atoms with Crippen LogP contribution in [0.2, 0.25) is 0 Å². The third-order valence-corrected chi connectivity index (χ3v) is 3.16. The van der Waals surface area contributed by atoms with Crippen molar-refractivity contribution in [1.82, 2.24) is 15.3 Å². The average Bonchev–Trinajstić information content (AvgIpc) is 2.31. The topological polar surface area (TPSA) is 58.0 Å². The summed E-state index contributed by atoms with van der Waals surface area (Å²) < 4.78 is 0. The molecule has 4 nitrogen and oxygen atoms in total. The highest BCUT2D eigenvalue weighted by Crippen LogP contribution is 2.27. The first-order valence-electron chi connectivity index (χ1n) is 5.97. The lowest BCUT2D eigenvalue weighted by Gasteiger charge is -2.32. The van der Waals surface area contributed by atoms with Gasteiger partial charge in [-0.25, -0.2) is 0 Å². The summed E-state index contributed by atoms with van der Waals surface area (Å²) in [5.41, 5.74) is 0.419. The molecule has 0 radical (unpaired) electrons. The van der Waals surface area contributed by atoms with E-state index in [0.717, 1.165) is 31.4 Å². The van der Waals surface area contributed by atoms with Gasteiger partial charge in [0.15, 0.2) is 0 Å². The number of aromatic nitrogens is 2. The van der Waals surface area contributed by atoms with Crippen LogP contribution < -0.4 is 5.32 Å². The molecule has 0 saturated heterocycles. The van der Waals surface area contributed by atoms with E-state index >= 15 is 0 Å². The van der Waals surface area contributed by atoms with Crippen LogP contribution in [0.15, 0.2) is 18.6 Å². The molecule has 1 aliphatic rings. The lowest BCUT2D eigenvalue weighted by Crippen LogP contribution is -2.42. The number of rotatable bonds is 4. The first-order valence-corrected chi connectivity index (χ1v) is 5.97. The fourth-order valence-corrected chi connectivity index (χ4v) is 2.23. The maximum atomic E-state index is 10.3. The molecule has 0 bridgehead atoms. The molecule has 88 valence electrons. The molecule has 1 aliphatic carbocycles. The number of nitrogens with zero attached hydrogens (tertiary/aromatic N) is 2. The lowest BCUT2D eigenvalue weighted by molar-refractivity contribution is 0.00461. The van der Waals surface area contributed by atoms with Gasteiger partial charge >= 0.3 is 0 Å². The van der Waals surface area contributed by atoms with Gasteiger partial charge in [-0.05, 0) is 12.8 Å². The highest BCUT2D eigenvalue weighted by Gasteiger charge is 2.28. The van der Waals surface area contributed by atoms with E-state index < -0.39 is 5.60 Å². The predicted molar refractivity (Wildman–Crippen MR) is 61.8 cm³/mol. The van der Waals surface area contributed by atoms with Crippen LogP contribution in [0.25, 0.3) is 0 Å². The van der Waals surface area contributed by atoms with Crippen LogP contribution in [-0.2, 0) is 6.54 Å². The zero-order valence-corrected chi connectivity index (χ0v) is 9.52. The molecular formula is C12H19N3O. The van der Waals surface area contributed by atoms with Crippen molar-refractivity contribution in [2.75, 3.05) is 6.54 Å². The van der Waals surface area contributed by atoms with Gasteiger partial charge in [0, 0.05) is 31.7 Å². The first-order chi connectivity index (χ1) is 7.79. The monoisotopic (exact) mass is 221 g/mol. The van der Waals surface area contributed by atoms with Crippen molar-refractivity contribution in [2.24, 2.45) is 0 Å². The van der Waals surface area contributed by atoms with Gasteiger partial charge in [-0.2, -0.15) is 0 Å². The van der Waals surface area contributed by atoms with E-state index in [2.05, 4.69) is 15.3 Å². The summed E-state index contributed by atoms with van der Waals surface area (Å²) >= 11 is 0. The van der Waals surface area contributed by atoms with Gasteiger partial charge in [-0.15, -0.1) is 0 Å². The molecule has 0 unspecified atom stereocenters. The van der Waals surface area contributed by atoms with E-state index in [0.29, 0.717) is 13.1 Å². The summed E-state index contributed by atoms with van der Waals surface area (Å²) in [5, 5.41) is 13.5. The maximum Gasteiger partial charge on any atom is 0.0771 e. The van der Waals surface area contributed by atoms with Crippen LogP contribution in [0.3, 0.4) is 0 Å². The van der Waals surface area contributed by atoms with Gasteiger partial charge in [0.2, 0.25) is 0 Å². The van der Waals surface area contributed by atoms with Gasteiger partial charge in [0.25, 0.3) is 0 Å². The molecule has 0 amide bonds. The fraction of sp³-hybridized carbons (Fsp3) is 0.667. The standard InChI is InChI=1S/C12H19N3O/c16-12(4-2-1-3-5-12)10-14-9-11-8-13-6-7-15-11/h6-8,14,16H,1-5,9-10H2. The highest BCUT2D eigenvalue weighted by atomic mass is 16.3. The van der Waals surface area contributed by atoms with Gasteiger partial charge in [0.05, 0.1) is 11.3 Å². The number of hydrogen-bond acceptors (Lipinski definition) is 4. The Balaban J connectivity index is 1.75. The Morgan fingerprint density at radius 3 is 2.75 bits per heavy atom. The Morgan fingerprint density at radius 1 is 1.25 bits per heavy atom. The van der Waals surface area contributed by atoms with Gasteiger partial charge in [-0.3, -0.25) is 9.97 Å². The molecular weight excluding hydrogens is 202 g/mol. The van der Waals surface area contributed by atoms with Crippen LogP contribution in [0.5, 0.6) is 0 Å². The van der Waals surface area contributed by atoms with Crippen molar-refractivity contribution >= 4 is 0 Å². The van der Waals surface area contributed by atoms with E-state index in [1.54, 1.807) is 18.6 Å². The Labute approximate surface area is 96.1 Å². The van der Waals surface area contributed by atoms with E-state index in [1.807, 2.05) is 0 Å². The summed E-state index contributed by atoms with van der Waals surface area (Å²) in [5.74, 6) is 0. The van der Waals surface area contributed by atoms with E-state index in [9.17, 15) is 5.11 Å². The number of hydrogen-bond donors (Lipinski definition) is 2. The molecule has 1 heterocycles. The van der Waals surface area contributed by atoms with Gasteiger partial charge in [0.1, 0.15) is 0 Å². The van der Waals surface area contributed by atoms with Gasteiger partial charge < -0.3 is 10.4 Å². The fourth-order valence-electron chi connectivity index (χ4n) is 2.23. The molecule has 2 N–H and O–H groups in total. The summed E-state index contributed by atoms with van der Waals surface area (Å²) in [6.07, 6.45) is 10.5. The number of nitrogens with one attached hydrogen (secondary N) is 1.